The first kappa shape index (κ1) is 8.23. The van der Waals surface area contributed by atoms with Crippen LogP contribution in [0.15, 0.2) is 18.2 Å². The second-order valence-electron chi connectivity index (χ2n) is 3.28. The molecule has 70 valence electrons. The normalized spacial score (nSPS) is 15.5. The molecule has 1 aromatic carbocycles. The second-order valence-corrected chi connectivity index (χ2v) is 3.28. The third kappa shape index (κ3) is 1.69. The molecule has 3 N–H and O–H groups in total. The van der Waals surface area contributed by atoms with Gasteiger partial charge >= 0.3 is 0 Å². The zero-order valence-corrected chi connectivity index (χ0v) is 7.71. The van der Waals surface area contributed by atoms with Crippen LogP contribution in [-0.2, 0) is 0 Å². The Labute approximate surface area is 77.9 Å². The Morgan fingerprint density at radius 3 is 2.85 bits per heavy atom. The SMILES string of the molecule is CNc1cccc(OC2CC2)c1N. The quantitative estimate of drug-likeness (QED) is 0.694. The average Bonchev–Trinajstić information content (AvgIpc) is 2.92. The third-order valence-electron chi connectivity index (χ3n) is 2.15. The van der Waals surface area contributed by atoms with Gasteiger partial charge in [0.15, 0.2) is 0 Å². The molecule has 3 nitrogen and oxygen atoms in total. The van der Waals surface area contributed by atoms with Gasteiger partial charge in [-0.1, -0.05) is 6.07 Å². The minimum Gasteiger partial charge on any atom is -0.488 e. The number of rotatable bonds is 3. The molecule has 1 aromatic rings. The first-order chi connectivity index (χ1) is 6.31. The highest BCUT2D eigenvalue weighted by atomic mass is 16.5. The minimum atomic E-state index is 0.398. The molecule has 3 heteroatoms. The first-order valence-corrected chi connectivity index (χ1v) is 4.54. The van der Waals surface area contributed by atoms with E-state index < -0.39 is 0 Å². The lowest BCUT2D eigenvalue weighted by atomic mass is 10.2. The highest BCUT2D eigenvalue weighted by molar-refractivity contribution is 5.72. The number of benzene rings is 1. The predicted molar refractivity (Wildman–Crippen MR) is 54.1 cm³/mol. The molecule has 0 aromatic heterocycles. The molecule has 1 aliphatic rings. The molecular weight excluding hydrogens is 164 g/mol. The van der Waals surface area contributed by atoms with E-state index in [4.69, 9.17) is 10.5 Å². The van der Waals surface area contributed by atoms with Crippen LogP contribution >= 0.6 is 0 Å². The van der Waals surface area contributed by atoms with Crippen molar-refractivity contribution >= 4 is 11.4 Å². The lowest BCUT2D eigenvalue weighted by Gasteiger charge is -2.10. The Morgan fingerprint density at radius 2 is 2.23 bits per heavy atom. The highest BCUT2D eigenvalue weighted by Crippen LogP contribution is 2.34. The van der Waals surface area contributed by atoms with E-state index in [1.807, 2.05) is 25.2 Å². The summed E-state index contributed by atoms with van der Waals surface area (Å²) in [5.74, 6) is 0.800. The largest absolute Gasteiger partial charge is 0.488 e. The summed E-state index contributed by atoms with van der Waals surface area (Å²) in [7, 11) is 1.85. The fraction of sp³-hybridized carbons (Fsp3) is 0.400. The van der Waals surface area contributed by atoms with Crippen molar-refractivity contribution in [2.45, 2.75) is 18.9 Å². The van der Waals surface area contributed by atoms with Crippen molar-refractivity contribution in [2.75, 3.05) is 18.1 Å². The molecule has 0 unspecified atom stereocenters. The lowest BCUT2D eigenvalue weighted by Crippen LogP contribution is -2.02. The van der Waals surface area contributed by atoms with Crippen LogP contribution in [0.1, 0.15) is 12.8 Å². The Morgan fingerprint density at radius 1 is 1.46 bits per heavy atom. The van der Waals surface area contributed by atoms with Crippen LogP contribution in [0.3, 0.4) is 0 Å². The summed E-state index contributed by atoms with van der Waals surface area (Å²) >= 11 is 0. The fourth-order valence-corrected chi connectivity index (χ4v) is 1.23. The van der Waals surface area contributed by atoms with E-state index >= 15 is 0 Å². The molecule has 0 radical (unpaired) electrons. The van der Waals surface area contributed by atoms with Gasteiger partial charge in [0.25, 0.3) is 0 Å². The van der Waals surface area contributed by atoms with E-state index in [2.05, 4.69) is 5.32 Å². The molecule has 0 spiro atoms. The van der Waals surface area contributed by atoms with Gasteiger partial charge in [-0.2, -0.15) is 0 Å². The number of nitrogen functional groups attached to an aromatic ring is 1. The monoisotopic (exact) mass is 178 g/mol. The van der Waals surface area contributed by atoms with E-state index in [1.165, 1.54) is 0 Å². The van der Waals surface area contributed by atoms with Crippen LogP contribution in [0.25, 0.3) is 0 Å². The Balaban J connectivity index is 2.22. The smallest absolute Gasteiger partial charge is 0.144 e. The second kappa shape index (κ2) is 3.17. The van der Waals surface area contributed by atoms with Crippen LogP contribution < -0.4 is 15.8 Å². The van der Waals surface area contributed by atoms with Crippen molar-refractivity contribution < 1.29 is 4.74 Å². The summed E-state index contributed by atoms with van der Waals surface area (Å²) in [4.78, 5) is 0. The van der Waals surface area contributed by atoms with Gasteiger partial charge < -0.3 is 15.8 Å². The van der Waals surface area contributed by atoms with Crippen LogP contribution in [0.4, 0.5) is 11.4 Å². The van der Waals surface area contributed by atoms with Crippen LogP contribution in [0.2, 0.25) is 0 Å². The number of anilines is 2. The molecule has 0 amide bonds. The lowest BCUT2D eigenvalue weighted by molar-refractivity contribution is 0.305. The maximum absolute atomic E-state index is 5.88. The summed E-state index contributed by atoms with van der Waals surface area (Å²) in [6.45, 7) is 0. The zero-order chi connectivity index (χ0) is 9.26. The van der Waals surface area contributed by atoms with E-state index in [0.717, 1.165) is 24.3 Å². The van der Waals surface area contributed by atoms with Gasteiger partial charge in [0.05, 0.1) is 17.5 Å². The summed E-state index contributed by atoms with van der Waals surface area (Å²) < 4.78 is 5.63. The van der Waals surface area contributed by atoms with Gasteiger partial charge in [0.1, 0.15) is 5.75 Å². The van der Waals surface area contributed by atoms with Crippen LogP contribution in [0.5, 0.6) is 5.75 Å². The fourth-order valence-electron chi connectivity index (χ4n) is 1.23. The van der Waals surface area contributed by atoms with Crippen LogP contribution in [0, 0.1) is 0 Å². The molecule has 0 saturated heterocycles. The first-order valence-electron chi connectivity index (χ1n) is 4.54. The van der Waals surface area contributed by atoms with Gasteiger partial charge in [-0.3, -0.25) is 0 Å². The summed E-state index contributed by atoms with van der Waals surface area (Å²) in [5.41, 5.74) is 7.52. The topological polar surface area (TPSA) is 47.3 Å². The zero-order valence-electron chi connectivity index (χ0n) is 7.71. The molecule has 0 bridgehead atoms. The standard InChI is InChI=1S/C10H14N2O/c1-12-8-3-2-4-9(10(8)11)13-7-5-6-7/h2-4,7,12H,5-6,11H2,1H3. The van der Waals surface area contributed by atoms with Gasteiger partial charge in [-0.15, -0.1) is 0 Å². The molecule has 1 aliphatic carbocycles. The Hall–Kier alpha value is -1.38. The summed E-state index contributed by atoms with van der Waals surface area (Å²) in [6, 6.07) is 5.80. The number of nitrogens with one attached hydrogen (secondary N) is 1. The Bertz CT molecular complexity index is 308. The minimum absolute atomic E-state index is 0.398. The van der Waals surface area contributed by atoms with E-state index in [0.29, 0.717) is 11.8 Å². The molecule has 1 saturated carbocycles. The third-order valence-corrected chi connectivity index (χ3v) is 2.15. The summed E-state index contributed by atoms with van der Waals surface area (Å²) in [5, 5.41) is 3.02. The van der Waals surface area contributed by atoms with Gasteiger partial charge in [-0.25, -0.2) is 0 Å². The number of hydrogen-bond donors (Lipinski definition) is 2. The van der Waals surface area contributed by atoms with Gasteiger partial charge in [0, 0.05) is 7.05 Å². The van der Waals surface area contributed by atoms with Crippen molar-refractivity contribution in [1.82, 2.24) is 0 Å². The molecule has 0 aliphatic heterocycles. The van der Waals surface area contributed by atoms with E-state index in [1.54, 1.807) is 0 Å². The van der Waals surface area contributed by atoms with Crippen molar-refractivity contribution in [3.05, 3.63) is 18.2 Å². The molecule has 1 fully saturated rings. The highest BCUT2D eigenvalue weighted by Gasteiger charge is 2.24. The number of hydrogen-bond acceptors (Lipinski definition) is 3. The number of para-hydroxylation sites is 1. The van der Waals surface area contributed by atoms with Crippen molar-refractivity contribution in [3.8, 4) is 5.75 Å². The average molecular weight is 178 g/mol. The molecule has 0 atom stereocenters. The van der Waals surface area contributed by atoms with Gasteiger partial charge in [-0.05, 0) is 25.0 Å². The van der Waals surface area contributed by atoms with Crippen molar-refractivity contribution in [2.24, 2.45) is 0 Å². The number of nitrogens with two attached hydrogens (primary N) is 1. The summed E-state index contributed by atoms with van der Waals surface area (Å²) in [6.07, 6.45) is 2.71. The van der Waals surface area contributed by atoms with E-state index in [-0.39, 0.29) is 0 Å². The molecule has 0 heterocycles. The van der Waals surface area contributed by atoms with Crippen molar-refractivity contribution in [3.63, 3.8) is 0 Å². The van der Waals surface area contributed by atoms with Crippen LogP contribution in [-0.4, -0.2) is 13.2 Å². The molecular formula is C10H14N2O. The number of ether oxygens (including phenoxy) is 1. The van der Waals surface area contributed by atoms with E-state index in [9.17, 15) is 0 Å². The molecule has 13 heavy (non-hydrogen) atoms. The Kier molecular flexibility index (Phi) is 2.00. The maximum Gasteiger partial charge on any atom is 0.144 e. The molecule has 2 rings (SSSR count). The predicted octanol–water partition coefficient (Wildman–Crippen LogP) is 1.85. The maximum atomic E-state index is 5.88. The van der Waals surface area contributed by atoms with Crippen molar-refractivity contribution in [1.29, 1.82) is 0 Å². The van der Waals surface area contributed by atoms with Gasteiger partial charge in [0.2, 0.25) is 0 Å².